The number of rotatable bonds is 4. The van der Waals surface area contributed by atoms with Gasteiger partial charge in [0, 0.05) is 13.6 Å². The van der Waals surface area contributed by atoms with Crippen molar-refractivity contribution in [1.29, 1.82) is 0 Å². The maximum absolute atomic E-state index is 12.9. The molecule has 6 heteroatoms. The van der Waals surface area contributed by atoms with Crippen molar-refractivity contribution in [2.24, 2.45) is 0 Å². The smallest absolute Gasteiger partial charge is 0.325 e. The Morgan fingerprint density at radius 3 is 2.72 bits per heavy atom. The number of hydrogen-bond donors (Lipinski definition) is 2. The lowest BCUT2D eigenvalue weighted by atomic mass is 10.2. The first-order valence-electron chi connectivity index (χ1n) is 5.39. The molecular weight excluding hydrogens is 239 g/mol. The van der Waals surface area contributed by atoms with Gasteiger partial charge in [-0.05, 0) is 24.6 Å². The largest absolute Gasteiger partial charge is 0.480 e. The Bertz CT molecular complexity index is 451. The number of carbonyl (C=O) groups excluding carboxylic acids is 1. The average Bonchev–Trinajstić information content (AvgIpc) is 2.28. The monoisotopic (exact) mass is 254 g/mol. The summed E-state index contributed by atoms with van der Waals surface area (Å²) in [6.07, 6.45) is 0. The summed E-state index contributed by atoms with van der Waals surface area (Å²) in [5, 5.41) is 11.0. The molecule has 0 spiro atoms. The molecule has 1 unspecified atom stereocenters. The zero-order valence-electron chi connectivity index (χ0n) is 10.2. The molecule has 1 aromatic carbocycles. The summed E-state index contributed by atoms with van der Waals surface area (Å²) in [6.45, 7) is 1.58. The molecule has 0 bridgehead atoms. The van der Waals surface area contributed by atoms with Crippen molar-refractivity contribution in [3.05, 3.63) is 35.6 Å². The fraction of sp³-hybridized carbons (Fsp3) is 0.333. The van der Waals surface area contributed by atoms with E-state index in [4.69, 9.17) is 5.11 Å². The number of nitrogens with one attached hydrogen (secondary N) is 1. The molecule has 1 atom stereocenters. The number of nitrogens with zero attached hydrogens (tertiary/aromatic N) is 1. The quantitative estimate of drug-likeness (QED) is 0.854. The molecule has 0 aliphatic carbocycles. The Morgan fingerprint density at radius 1 is 1.50 bits per heavy atom. The topological polar surface area (TPSA) is 69.6 Å². The van der Waals surface area contributed by atoms with E-state index in [1.165, 1.54) is 31.0 Å². The number of urea groups is 1. The van der Waals surface area contributed by atoms with Crippen LogP contribution in [0.2, 0.25) is 0 Å². The van der Waals surface area contributed by atoms with Crippen molar-refractivity contribution in [2.75, 3.05) is 7.05 Å². The van der Waals surface area contributed by atoms with Gasteiger partial charge in [-0.2, -0.15) is 0 Å². The molecule has 18 heavy (non-hydrogen) atoms. The highest BCUT2D eigenvalue weighted by Crippen LogP contribution is 2.06. The molecular formula is C12H15FN2O3. The Hall–Kier alpha value is -2.11. The lowest BCUT2D eigenvalue weighted by molar-refractivity contribution is -0.138. The van der Waals surface area contributed by atoms with E-state index in [9.17, 15) is 14.0 Å². The number of amides is 2. The first kappa shape index (κ1) is 14.0. The minimum atomic E-state index is -1.11. The van der Waals surface area contributed by atoms with Gasteiger partial charge < -0.3 is 15.3 Å². The molecule has 2 amide bonds. The summed E-state index contributed by atoms with van der Waals surface area (Å²) < 4.78 is 12.9. The molecule has 1 rings (SSSR count). The average molecular weight is 254 g/mol. The van der Waals surface area contributed by atoms with Crippen molar-refractivity contribution in [1.82, 2.24) is 10.2 Å². The van der Waals surface area contributed by atoms with Crippen molar-refractivity contribution in [2.45, 2.75) is 19.5 Å². The molecule has 2 N–H and O–H groups in total. The zero-order chi connectivity index (χ0) is 13.7. The SMILES string of the molecule is CC(NC(=O)N(C)Cc1cccc(F)c1)C(=O)O. The Morgan fingerprint density at radius 2 is 2.17 bits per heavy atom. The summed E-state index contributed by atoms with van der Waals surface area (Å²) in [6, 6.07) is 4.39. The third-order valence-electron chi connectivity index (χ3n) is 2.37. The highest BCUT2D eigenvalue weighted by Gasteiger charge is 2.16. The number of carbonyl (C=O) groups is 2. The molecule has 1 aromatic rings. The number of benzene rings is 1. The van der Waals surface area contributed by atoms with Crippen LogP contribution in [-0.4, -0.2) is 35.1 Å². The summed E-state index contributed by atoms with van der Waals surface area (Å²) in [7, 11) is 1.51. The molecule has 0 heterocycles. The lowest BCUT2D eigenvalue weighted by Gasteiger charge is -2.19. The summed E-state index contributed by atoms with van der Waals surface area (Å²) in [5.41, 5.74) is 0.635. The van der Waals surface area contributed by atoms with Crippen LogP contribution in [0.5, 0.6) is 0 Å². The number of carboxylic acids is 1. The molecule has 0 fully saturated rings. The molecule has 0 aromatic heterocycles. The van der Waals surface area contributed by atoms with Crippen LogP contribution in [-0.2, 0) is 11.3 Å². The Kier molecular flexibility index (Phi) is 4.65. The molecule has 0 saturated heterocycles. The van der Waals surface area contributed by atoms with Crippen molar-refractivity contribution in [3.8, 4) is 0 Å². The van der Waals surface area contributed by atoms with E-state index in [2.05, 4.69) is 5.32 Å². The Labute approximate surface area is 104 Å². The van der Waals surface area contributed by atoms with Gasteiger partial charge in [0.05, 0.1) is 0 Å². The predicted molar refractivity (Wildman–Crippen MR) is 63.5 cm³/mol. The van der Waals surface area contributed by atoms with Crippen molar-refractivity contribution in [3.63, 3.8) is 0 Å². The number of aliphatic carboxylic acids is 1. The van der Waals surface area contributed by atoms with Gasteiger partial charge in [-0.25, -0.2) is 9.18 Å². The first-order valence-corrected chi connectivity index (χ1v) is 5.39. The van der Waals surface area contributed by atoms with Crippen molar-refractivity contribution >= 4 is 12.0 Å². The van der Waals surface area contributed by atoms with Gasteiger partial charge >= 0.3 is 12.0 Å². The number of halogens is 1. The van der Waals surface area contributed by atoms with Gasteiger partial charge in [0.25, 0.3) is 0 Å². The fourth-order valence-electron chi connectivity index (χ4n) is 1.34. The van der Waals surface area contributed by atoms with Crippen molar-refractivity contribution < 1.29 is 19.1 Å². The molecule has 0 saturated carbocycles. The van der Waals surface area contributed by atoms with E-state index in [-0.39, 0.29) is 12.4 Å². The van der Waals surface area contributed by atoms with Gasteiger partial charge in [0.15, 0.2) is 0 Å². The first-order chi connectivity index (χ1) is 8.40. The summed E-state index contributed by atoms with van der Waals surface area (Å²) >= 11 is 0. The second-order valence-corrected chi connectivity index (χ2v) is 4.00. The van der Waals surface area contributed by atoms with Crippen LogP contribution < -0.4 is 5.32 Å². The maximum Gasteiger partial charge on any atom is 0.325 e. The number of carboxylic acid groups (broad SMARTS) is 1. The second-order valence-electron chi connectivity index (χ2n) is 4.00. The van der Waals surface area contributed by atoms with Crippen LogP contribution in [0.4, 0.5) is 9.18 Å². The molecule has 98 valence electrons. The van der Waals surface area contributed by atoms with Crippen LogP contribution in [0.3, 0.4) is 0 Å². The van der Waals surface area contributed by atoms with E-state index in [1.54, 1.807) is 12.1 Å². The normalized spacial score (nSPS) is 11.7. The maximum atomic E-state index is 12.9. The molecule has 0 radical (unpaired) electrons. The standard InChI is InChI=1S/C12H15FN2O3/c1-8(11(16)17)14-12(18)15(2)7-9-4-3-5-10(13)6-9/h3-6,8H,7H2,1-2H3,(H,14,18)(H,16,17). The van der Waals surface area contributed by atoms with Gasteiger partial charge in [-0.1, -0.05) is 12.1 Å². The minimum Gasteiger partial charge on any atom is -0.480 e. The lowest BCUT2D eigenvalue weighted by Crippen LogP contribution is -2.44. The fourth-order valence-corrected chi connectivity index (χ4v) is 1.34. The third kappa shape index (κ3) is 4.04. The minimum absolute atomic E-state index is 0.204. The molecule has 0 aliphatic heterocycles. The molecule has 0 aliphatic rings. The van der Waals surface area contributed by atoms with Gasteiger partial charge in [-0.15, -0.1) is 0 Å². The van der Waals surface area contributed by atoms with Crippen LogP contribution in [0.25, 0.3) is 0 Å². The highest BCUT2D eigenvalue weighted by atomic mass is 19.1. The van der Waals surface area contributed by atoms with Crippen LogP contribution in [0.1, 0.15) is 12.5 Å². The second kappa shape index (κ2) is 6.00. The van der Waals surface area contributed by atoms with E-state index >= 15 is 0 Å². The van der Waals surface area contributed by atoms with Gasteiger partial charge in [-0.3, -0.25) is 4.79 Å². The van der Waals surface area contributed by atoms with E-state index < -0.39 is 18.0 Å². The van der Waals surface area contributed by atoms with Crippen LogP contribution in [0.15, 0.2) is 24.3 Å². The van der Waals surface area contributed by atoms with Crippen LogP contribution >= 0.6 is 0 Å². The number of hydrogen-bond acceptors (Lipinski definition) is 2. The highest BCUT2D eigenvalue weighted by molar-refractivity contribution is 5.82. The van der Waals surface area contributed by atoms with Crippen LogP contribution in [0, 0.1) is 5.82 Å². The van der Waals surface area contributed by atoms with Gasteiger partial charge in [0.2, 0.25) is 0 Å². The predicted octanol–water partition coefficient (Wildman–Crippen LogP) is 1.44. The van der Waals surface area contributed by atoms with Gasteiger partial charge in [0.1, 0.15) is 11.9 Å². The molecule has 5 nitrogen and oxygen atoms in total. The third-order valence-corrected chi connectivity index (χ3v) is 2.37. The van der Waals surface area contributed by atoms with E-state index in [1.807, 2.05) is 0 Å². The summed E-state index contributed by atoms with van der Waals surface area (Å²) in [4.78, 5) is 23.5. The van der Waals surface area contributed by atoms with E-state index in [0.29, 0.717) is 5.56 Å². The summed E-state index contributed by atoms with van der Waals surface area (Å²) in [5.74, 6) is -1.48. The van der Waals surface area contributed by atoms with E-state index in [0.717, 1.165) is 0 Å². The zero-order valence-corrected chi connectivity index (χ0v) is 10.2. The Balaban J connectivity index is 2.57.